The molecular formula is C18H22N2O3. The SMILES string of the molecule is CC(C)Oc1ccccc1CNC(=O)c1noc2c1CCCC2. The minimum absolute atomic E-state index is 0.0920. The molecular weight excluding hydrogens is 292 g/mol. The number of carbonyl (C=O) groups excluding carboxylic acids is 1. The van der Waals surface area contributed by atoms with Gasteiger partial charge in [-0.1, -0.05) is 23.4 Å². The van der Waals surface area contributed by atoms with Crippen molar-refractivity contribution < 1.29 is 14.1 Å². The van der Waals surface area contributed by atoms with Crippen LogP contribution in [0.1, 0.15) is 54.1 Å². The summed E-state index contributed by atoms with van der Waals surface area (Å²) in [5.74, 6) is 1.48. The normalized spacial score (nSPS) is 13.7. The van der Waals surface area contributed by atoms with E-state index < -0.39 is 0 Å². The monoisotopic (exact) mass is 314 g/mol. The molecule has 2 aromatic rings. The van der Waals surface area contributed by atoms with Gasteiger partial charge >= 0.3 is 0 Å². The summed E-state index contributed by atoms with van der Waals surface area (Å²) in [5.41, 5.74) is 2.36. The first-order valence-corrected chi connectivity index (χ1v) is 8.15. The van der Waals surface area contributed by atoms with Crippen LogP contribution in [0.15, 0.2) is 28.8 Å². The fraction of sp³-hybridized carbons (Fsp3) is 0.444. The van der Waals surface area contributed by atoms with Crippen molar-refractivity contribution in [2.24, 2.45) is 0 Å². The van der Waals surface area contributed by atoms with Crippen molar-refractivity contribution in [2.45, 2.75) is 52.2 Å². The summed E-state index contributed by atoms with van der Waals surface area (Å²) >= 11 is 0. The van der Waals surface area contributed by atoms with E-state index in [1.54, 1.807) is 0 Å². The van der Waals surface area contributed by atoms with Crippen LogP contribution in [0, 0.1) is 0 Å². The Labute approximate surface area is 136 Å². The number of hydrogen-bond acceptors (Lipinski definition) is 4. The molecule has 0 saturated heterocycles. The van der Waals surface area contributed by atoms with E-state index in [1.807, 2.05) is 38.1 Å². The number of aromatic nitrogens is 1. The van der Waals surface area contributed by atoms with E-state index in [9.17, 15) is 4.79 Å². The predicted molar refractivity (Wildman–Crippen MR) is 86.5 cm³/mol. The summed E-state index contributed by atoms with van der Waals surface area (Å²) in [4.78, 5) is 12.4. The second-order valence-corrected chi connectivity index (χ2v) is 6.10. The van der Waals surface area contributed by atoms with Gasteiger partial charge in [0.2, 0.25) is 0 Å². The van der Waals surface area contributed by atoms with E-state index in [0.717, 1.165) is 48.3 Å². The van der Waals surface area contributed by atoms with E-state index in [1.165, 1.54) is 0 Å². The number of para-hydroxylation sites is 1. The molecule has 3 rings (SSSR count). The third-order valence-electron chi connectivity index (χ3n) is 3.94. The molecule has 23 heavy (non-hydrogen) atoms. The van der Waals surface area contributed by atoms with Crippen molar-refractivity contribution in [1.82, 2.24) is 10.5 Å². The quantitative estimate of drug-likeness (QED) is 0.920. The molecule has 0 spiro atoms. The van der Waals surface area contributed by atoms with Gasteiger partial charge in [0.25, 0.3) is 5.91 Å². The molecule has 1 amide bonds. The number of nitrogens with zero attached hydrogens (tertiary/aromatic N) is 1. The highest BCUT2D eigenvalue weighted by molar-refractivity contribution is 5.93. The Hall–Kier alpha value is -2.30. The number of fused-ring (bicyclic) bond motifs is 1. The first-order valence-electron chi connectivity index (χ1n) is 8.15. The fourth-order valence-electron chi connectivity index (χ4n) is 2.84. The Morgan fingerprint density at radius 1 is 1.30 bits per heavy atom. The highest BCUT2D eigenvalue weighted by atomic mass is 16.5. The first kappa shape index (κ1) is 15.6. The van der Waals surface area contributed by atoms with E-state index in [2.05, 4.69) is 10.5 Å². The lowest BCUT2D eigenvalue weighted by atomic mass is 9.96. The molecule has 5 nitrogen and oxygen atoms in total. The van der Waals surface area contributed by atoms with E-state index in [4.69, 9.17) is 9.26 Å². The van der Waals surface area contributed by atoms with Gasteiger partial charge in [-0.3, -0.25) is 4.79 Å². The van der Waals surface area contributed by atoms with Gasteiger partial charge in [0, 0.05) is 24.1 Å². The highest BCUT2D eigenvalue weighted by Gasteiger charge is 2.23. The predicted octanol–water partition coefficient (Wildman–Crippen LogP) is 3.27. The third kappa shape index (κ3) is 3.55. The minimum Gasteiger partial charge on any atom is -0.491 e. The van der Waals surface area contributed by atoms with Gasteiger partial charge in [0.15, 0.2) is 5.69 Å². The van der Waals surface area contributed by atoms with Crippen LogP contribution >= 0.6 is 0 Å². The van der Waals surface area contributed by atoms with Crippen molar-refractivity contribution >= 4 is 5.91 Å². The Bertz CT molecular complexity index is 691. The van der Waals surface area contributed by atoms with Crippen LogP contribution in [0.3, 0.4) is 0 Å². The number of carbonyl (C=O) groups is 1. The van der Waals surface area contributed by atoms with Crippen molar-refractivity contribution in [3.05, 3.63) is 46.8 Å². The first-order chi connectivity index (χ1) is 11.1. The number of hydrogen-bond donors (Lipinski definition) is 1. The van der Waals surface area contributed by atoms with Gasteiger partial charge in [-0.05, 0) is 39.2 Å². The molecule has 1 aliphatic carbocycles. The van der Waals surface area contributed by atoms with Crippen LogP contribution in [-0.4, -0.2) is 17.2 Å². The van der Waals surface area contributed by atoms with Crippen LogP contribution < -0.4 is 10.1 Å². The molecule has 1 aromatic carbocycles. The molecule has 5 heteroatoms. The summed E-state index contributed by atoms with van der Waals surface area (Å²) in [6.45, 7) is 4.37. The van der Waals surface area contributed by atoms with Gasteiger partial charge in [-0.15, -0.1) is 0 Å². The molecule has 1 heterocycles. The average Bonchev–Trinajstić information content (AvgIpc) is 2.97. The second kappa shape index (κ2) is 6.86. The van der Waals surface area contributed by atoms with E-state index in [0.29, 0.717) is 12.2 Å². The molecule has 1 N–H and O–H groups in total. The smallest absolute Gasteiger partial charge is 0.274 e. The lowest BCUT2D eigenvalue weighted by molar-refractivity contribution is 0.0940. The Morgan fingerprint density at radius 2 is 2.09 bits per heavy atom. The fourth-order valence-corrected chi connectivity index (χ4v) is 2.84. The molecule has 1 aliphatic rings. The van der Waals surface area contributed by atoms with Crippen LogP contribution in [0.4, 0.5) is 0 Å². The molecule has 0 unspecified atom stereocenters. The summed E-state index contributed by atoms with van der Waals surface area (Å²) in [5, 5.41) is 6.89. The maximum Gasteiger partial charge on any atom is 0.274 e. The standard InChI is InChI=1S/C18H22N2O3/c1-12(2)22-15-9-5-3-7-13(15)11-19-18(21)17-14-8-4-6-10-16(14)23-20-17/h3,5,7,9,12H,4,6,8,10-11H2,1-2H3,(H,19,21). The van der Waals surface area contributed by atoms with Crippen molar-refractivity contribution in [2.75, 3.05) is 0 Å². The van der Waals surface area contributed by atoms with Crippen molar-refractivity contribution in [1.29, 1.82) is 0 Å². The van der Waals surface area contributed by atoms with Gasteiger partial charge < -0.3 is 14.6 Å². The Kier molecular flexibility index (Phi) is 4.65. The lowest BCUT2D eigenvalue weighted by Crippen LogP contribution is -2.25. The molecule has 122 valence electrons. The second-order valence-electron chi connectivity index (χ2n) is 6.10. The van der Waals surface area contributed by atoms with Crippen LogP contribution in [0.25, 0.3) is 0 Å². The summed E-state index contributed by atoms with van der Waals surface area (Å²) in [6, 6.07) is 7.74. The van der Waals surface area contributed by atoms with Gasteiger partial charge in [-0.2, -0.15) is 0 Å². The maximum absolute atomic E-state index is 12.4. The molecule has 0 radical (unpaired) electrons. The minimum atomic E-state index is -0.184. The number of benzene rings is 1. The zero-order valence-corrected chi connectivity index (χ0v) is 13.6. The topological polar surface area (TPSA) is 64.4 Å². The van der Waals surface area contributed by atoms with Crippen LogP contribution in [0.2, 0.25) is 0 Å². The highest BCUT2D eigenvalue weighted by Crippen LogP contribution is 2.24. The third-order valence-corrected chi connectivity index (χ3v) is 3.94. The number of amides is 1. The zero-order chi connectivity index (χ0) is 16.2. The number of nitrogens with one attached hydrogen (secondary N) is 1. The van der Waals surface area contributed by atoms with Crippen LogP contribution in [-0.2, 0) is 19.4 Å². The Balaban J connectivity index is 1.69. The van der Waals surface area contributed by atoms with Crippen molar-refractivity contribution in [3.8, 4) is 5.75 Å². The summed E-state index contributed by atoms with van der Waals surface area (Å²) < 4.78 is 11.1. The van der Waals surface area contributed by atoms with Gasteiger partial charge in [0.1, 0.15) is 11.5 Å². The van der Waals surface area contributed by atoms with E-state index in [-0.39, 0.29) is 12.0 Å². The molecule has 0 aliphatic heterocycles. The molecule has 0 bridgehead atoms. The van der Waals surface area contributed by atoms with Crippen molar-refractivity contribution in [3.63, 3.8) is 0 Å². The maximum atomic E-state index is 12.4. The average molecular weight is 314 g/mol. The summed E-state index contributed by atoms with van der Waals surface area (Å²) in [6.07, 6.45) is 4.02. The van der Waals surface area contributed by atoms with Gasteiger partial charge in [-0.25, -0.2) is 0 Å². The van der Waals surface area contributed by atoms with Crippen LogP contribution in [0.5, 0.6) is 5.75 Å². The largest absolute Gasteiger partial charge is 0.491 e. The molecule has 0 fully saturated rings. The summed E-state index contributed by atoms with van der Waals surface area (Å²) in [7, 11) is 0. The number of ether oxygens (including phenoxy) is 1. The molecule has 1 aromatic heterocycles. The number of rotatable bonds is 5. The molecule has 0 atom stereocenters. The number of aryl methyl sites for hydroxylation is 1. The zero-order valence-electron chi connectivity index (χ0n) is 13.6. The van der Waals surface area contributed by atoms with E-state index >= 15 is 0 Å². The Morgan fingerprint density at radius 3 is 2.91 bits per heavy atom. The molecule has 0 saturated carbocycles. The lowest BCUT2D eigenvalue weighted by Gasteiger charge is -2.14. The van der Waals surface area contributed by atoms with Gasteiger partial charge in [0.05, 0.1) is 6.10 Å².